The number of hydrogen-bond donors (Lipinski definition) is 0. The minimum absolute atomic E-state index is 0.728. The van der Waals surface area contributed by atoms with Gasteiger partial charge in [0.1, 0.15) is 5.75 Å². The van der Waals surface area contributed by atoms with E-state index in [-0.39, 0.29) is 0 Å². The second-order valence-corrected chi connectivity index (χ2v) is 6.74. The molecule has 0 saturated heterocycles. The van der Waals surface area contributed by atoms with Crippen molar-refractivity contribution in [2.75, 3.05) is 12.5 Å². The lowest BCUT2D eigenvalue weighted by Gasteiger charge is -2.16. The lowest BCUT2D eigenvalue weighted by atomic mass is 9.97. The average molecular weight is 365 g/mol. The van der Waals surface area contributed by atoms with Crippen molar-refractivity contribution in [3.05, 3.63) is 78.9 Å². The highest BCUT2D eigenvalue weighted by molar-refractivity contribution is 6.17. The third-order valence-electron chi connectivity index (χ3n) is 4.46. The van der Waals surface area contributed by atoms with Crippen LogP contribution in [0.5, 0.6) is 5.75 Å². The maximum Gasteiger partial charge on any atom is 0.134 e. The Hall–Kier alpha value is -2.25. The molecule has 134 valence electrons. The first-order valence-corrected chi connectivity index (χ1v) is 9.86. The molecule has 0 aliphatic heterocycles. The average Bonchev–Trinajstić information content (AvgIpc) is 2.72. The third-order valence-corrected chi connectivity index (χ3v) is 4.73. The number of rotatable bonds is 9. The van der Waals surface area contributed by atoms with Gasteiger partial charge < -0.3 is 4.74 Å². The molecule has 1 nitrogen and oxygen atoms in total. The van der Waals surface area contributed by atoms with Crippen LogP contribution in [0.25, 0.3) is 22.3 Å². The maximum absolute atomic E-state index is 6.32. The molecule has 26 heavy (non-hydrogen) atoms. The minimum atomic E-state index is 0.728. The van der Waals surface area contributed by atoms with Crippen LogP contribution in [0.2, 0.25) is 0 Å². The summed E-state index contributed by atoms with van der Waals surface area (Å²) in [7, 11) is 0. The molecule has 0 bridgehead atoms. The lowest BCUT2D eigenvalue weighted by molar-refractivity contribution is 0.307. The summed E-state index contributed by atoms with van der Waals surface area (Å²) in [5, 5.41) is 0. The van der Waals surface area contributed by atoms with Crippen LogP contribution in [0.1, 0.15) is 25.7 Å². The van der Waals surface area contributed by atoms with Gasteiger partial charge in [-0.3, -0.25) is 0 Å². The number of ether oxygens (including phenoxy) is 1. The van der Waals surface area contributed by atoms with Gasteiger partial charge in [-0.05, 0) is 24.0 Å². The SMILES string of the molecule is ClCCCCCCOc1c(-c2ccccc2)cccc1-c1ccccc1. The second-order valence-electron chi connectivity index (χ2n) is 6.37. The Balaban J connectivity index is 1.87. The molecule has 0 spiro atoms. The van der Waals surface area contributed by atoms with Gasteiger partial charge in [0.2, 0.25) is 0 Å². The predicted octanol–water partition coefficient (Wildman–Crippen LogP) is 7.20. The van der Waals surface area contributed by atoms with Crippen LogP contribution in [0.3, 0.4) is 0 Å². The van der Waals surface area contributed by atoms with Crippen LogP contribution in [-0.2, 0) is 0 Å². The smallest absolute Gasteiger partial charge is 0.134 e. The Morgan fingerprint density at radius 2 is 1.12 bits per heavy atom. The van der Waals surface area contributed by atoms with Crippen LogP contribution in [-0.4, -0.2) is 12.5 Å². The number of para-hydroxylation sites is 1. The molecule has 0 amide bonds. The van der Waals surface area contributed by atoms with Crippen LogP contribution in [0.15, 0.2) is 78.9 Å². The van der Waals surface area contributed by atoms with Gasteiger partial charge in [-0.2, -0.15) is 0 Å². The van der Waals surface area contributed by atoms with Crippen molar-refractivity contribution in [1.82, 2.24) is 0 Å². The normalized spacial score (nSPS) is 10.7. The van der Waals surface area contributed by atoms with Gasteiger partial charge in [-0.25, -0.2) is 0 Å². The summed E-state index contributed by atoms with van der Waals surface area (Å²) in [6.45, 7) is 0.728. The van der Waals surface area contributed by atoms with Gasteiger partial charge in [-0.1, -0.05) is 91.7 Å². The lowest BCUT2D eigenvalue weighted by Crippen LogP contribution is -2.01. The van der Waals surface area contributed by atoms with Crippen LogP contribution in [0.4, 0.5) is 0 Å². The number of benzene rings is 3. The fourth-order valence-electron chi connectivity index (χ4n) is 3.11. The molecule has 0 unspecified atom stereocenters. The molecular weight excluding hydrogens is 340 g/mol. The summed E-state index contributed by atoms with van der Waals surface area (Å²) in [5.41, 5.74) is 4.66. The van der Waals surface area contributed by atoms with E-state index >= 15 is 0 Å². The van der Waals surface area contributed by atoms with E-state index in [1.165, 1.54) is 17.5 Å². The van der Waals surface area contributed by atoms with E-state index < -0.39 is 0 Å². The molecule has 3 rings (SSSR count). The zero-order valence-electron chi connectivity index (χ0n) is 15.0. The molecular formula is C24H25ClO. The molecule has 2 heteroatoms. The fraction of sp³-hybridized carbons (Fsp3) is 0.250. The number of halogens is 1. The van der Waals surface area contributed by atoms with Crippen molar-refractivity contribution < 1.29 is 4.74 Å². The van der Waals surface area contributed by atoms with E-state index in [0.717, 1.165) is 48.6 Å². The molecule has 0 N–H and O–H groups in total. The number of hydrogen-bond acceptors (Lipinski definition) is 1. The van der Waals surface area contributed by atoms with Crippen LogP contribution < -0.4 is 4.74 Å². The van der Waals surface area contributed by atoms with Gasteiger partial charge in [0.05, 0.1) is 6.61 Å². The Morgan fingerprint density at radius 1 is 0.577 bits per heavy atom. The first-order valence-electron chi connectivity index (χ1n) is 9.33. The molecule has 0 aromatic heterocycles. The first-order chi connectivity index (χ1) is 12.9. The van der Waals surface area contributed by atoms with Crippen LogP contribution >= 0.6 is 11.6 Å². The highest BCUT2D eigenvalue weighted by atomic mass is 35.5. The second kappa shape index (κ2) is 10.0. The number of unbranched alkanes of at least 4 members (excludes halogenated alkanes) is 3. The van der Waals surface area contributed by atoms with Gasteiger partial charge in [-0.15, -0.1) is 11.6 Å². The van der Waals surface area contributed by atoms with Crippen molar-refractivity contribution in [2.45, 2.75) is 25.7 Å². The van der Waals surface area contributed by atoms with Crippen molar-refractivity contribution in [2.24, 2.45) is 0 Å². The molecule has 0 aliphatic carbocycles. The Bertz CT molecular complexity index is 726. The summed E-state index contributed by atoms with van der Waals surface area (Å²) >= 11 is 5.76. The van der Waals surface area contributed by atoms with E-state index in [1.807, 2.05) is 12.1 Å². The van der Waals surface area contributed by atoms with E-state index in [1.54, 1.807) is 0 Å². The van der Waals surface area contributed by atoms with Gasteiger partial charge in [0, 0.05) is 17.0 Å². The number of alkyl halides is 1. The van der Waals surface area contributed by atoms with Crippen molar-refractivity contribution in [3.63, 3.8) is 0 Å². The van der Waals surface area contributed by atoms with Crippen molar-refractivity contribution in [1.29, 1.82) is 0 Å². The zero-order chi connectivity index (χ0) is 18.0. The molecule has 3 aromatic rings. The summed E-state index contributed by atoms with van der Waals surface area (Å²) in [5.74, 6) is 1.72. The van der Waals surface area contributed by atoms with E-state index in [4.69, 9.17) is 16.3 Å². The Kier molecular flexibility index (Phi) is 7.15. The molecule has 0 aliphatic rings. The predicted molar refractivity (Wildman–Crippen MR) is 112 cm³/mol. The van der Waals surface area contributed by atoms with Gasteiger partial charge in [0.25, 0.3) is 0 Å². The molecule has 0 radical (unpaired) electrons. The Morgan fingerprint density at radius 3 is 1.65 bits per heavy atom. The molecule has 0 fully saturated rings. The molecule has 0 atom stereocenters. The Labute approximate surface area is 161 Å². The molecule has 0 heterocycles. The van der Waals surface area contributed by atoms with E-state index in [2.05, 4.69) is 66.7 Å². The summed E-state index contributed by atoms with van der Waals surface area (Å²) in [6, 6.07) is 27.3. The standard InChI is InChI=1S/C24H25ClO/c25-18-9-1-2-10-19-26-24-22(20-12-5-3-6-13-20)16-11-17-23(24)21-14-7-4-8-15-21/h3-8,11-17H,1-2,9-10,18-19H2. The fourth-order valence-corrected chi connectivity index (χ4v) is 3.30. The molecule has 3 aromatic carbocycles. The molecule has 0 saturated carbocycles. The summed E-state index contributed by atoms with van der Waals surface area (Å²) < 4.78 is 6.32. The minimum Gasteiger partial charge on any atom is -0.492 e. The summed E-state index contributed by atoms with van der Waals surface area (Å²) in [6.07, 6.45) is 4.45. The van der Waals surface area contributed by atoms with E-state index in [0.29, 0.717) is 0 Å². The quantitative estimate of drug-likeness (QED) is 0.288. The highest BCUT2D eigenvalue weighted by Crippen LogP contribution is 2.39. The van der Waals surface area contributed by atoms with Crippen molar-refractivity contribution in [3.8, 4) is 28.0 Å². The van der Waals surface area contributed by atoms with Gasteiger partial charge in [0.15, 0.2) is 0 Å². The maximum atomic E-state index is 6.32. The highest BCUT2D eigenvalue weighted by Gasteiger charge is 2.13. The van der Waals surface area contributed by atoms with E-state index in [9.17, 15) is 0 Å². The summed E-state index contributed by atoms with van der Waals surface area (Å²) in [4.78, 5) is 0. The van der Waals surface area contributed by atoms with Crippen molar-refractivity contribution >= 4 is 11.6 Å². The van der Waals surface area contributed by atoms with Crippen LogP contribution in [0, 0.1) is 0 Å². The largest absolute Gasteiger partial charge is 0.492 e. The topological polar surface area (TPSA) is 9.23 Å². The third kappa shape index (κ3) is 4.89. The monoisotopic (exact) mass is 364 g/mol. The van der Waals surface area contributed by atoms with Gasteiger partial charge >= 0.3 is 0 Å². The zero-order valence-corrected chi connectivity index (χ0v) is 15.8. The first kappa shape index (κ1) is 18.5.